The zero-order valence-electron chi connectivity index (χ0n) is 13.7. The average molecular weight is 426 g/mol. The molecule has 12 heteroatoms. The van der Waals surface area contributed by atoms with Gasteiger partial charge in [0.15, 0.2) is 4.34 Å². The van der Waals surface area contributed by atoms with Crippen LogP contribution < -0.4 is 0 Å². The molecule has 0 aliphatic carbocycles. The summed E-state index contributed by atoms with van der Waals surface area (Å²) in [5.74, 6) is 0. The minimum Gasteiger partial charge on any atom is -0.341 e. The van der Waals surface area contributed by atoms with E-state index in [0.29, 0.717) is 23.1 Å². The lowest BCUT2D eigenvalue weighted by molar-refractivity contribution is -0.143. The van der Waals surface area contributed by atoms with Gasteiger partial charge in [-0.2, -0.15) is 31.4 Å². The number of rotatable bonds is 4. The predicted octanol–water partition coefficient (Wildman–Crippen LogP) is 5.39. The van der Waals surface area contributed by atoms with Crippen molar-refractivity contribution in [1.29, 1.82) is 0 Å². The van der Waals surface area contributed by atoms with Gasteiger partial charge in [-0.05, 0) is 25.1 Å². The van der Waals surface area contributed by atoms with Gasteiger partial charge in [0.1, 0.15) is 13.0 Å². The third-order valence-electron chi connectivity index (χ3n) is 3.60. The molecular weight excluding hydrogens is 414 g/mol. The second-order valence-electron chi connectivity index (χ2n) is 5.51. The minimum absolute atomic E-state index is 0.0506. The molecule has 3 rings (SSSR count). The standard InChI is InChI=1S/C15H12F6N4S2/c1-2-24-7-22-25(8-24)27-13-23-12(6-26-13)9-3-10(14(16,17)18)5-11(4-9)15(19,20)21/h3-7H,2,8H2,1H3. The van der Waals surface area contributed by atoms with Crippen LogP contribution in [0.2, 0.25) is 0 Å². The number of aromatic nitrogens is 1. The molecule has 0 amide bonds. The Bertz CT molecular complexity index is 813. The number of hydrogen-bond donors (Lipinski definition) is 0. The number of hydrogen-bond acceptors (Lipinski definition) is 6. The van der Waals surface area contributed by atoms with E-state index in [0.717, 1.165) is 29.8 Å². The van der Waals surface area contributed by atoms with Crippen LogP contribution in [0.5, 0.6) is 0 Å². The molecule has 0 bridgehead atoms. The zero-order chi connectivity index (χ0) is 19.8. The Morgan fingerprint density at radius 2 is 1.70 bits per heavy atom. The van der Waals surface area contributed by atoms with Gasteiger partial charge in [0.25, 0.3) is 0 Å². The van der Waals surface area contributed by atoms with Crippen molar-refractivity contribution < 1.29 is 26.3 Å². The summed E-state index contributed by atoms with van der Waals surface area (Å²) in [5.41, 5.74) is -2.91. The first-order valence-electron chi connectivity index (χ1n) is 7.55. The molecule has 146 valence electrons. The first-order chi connectivity index (χ1) is 12.6. The van der Waals surface area contributed by atoms with Gasteiger partial charge >= 0.3 is 12.4 Å². The molecule has 0 N–H and O–H groups in total. The molecule has 1 aromatic carbocycles. The fraction of sp³-hybridized carbons (Fsp3) is 0.333. The van der Waals surface area contributed by atoms with E-state index in [-0.39, 0.29) is 17.3 Å². The maximum atomic E-state index is 13.0. The monoisotopic (exact) mass is 426 g/mol. The summed E-state index contributed by atoms with van der Waals surface area (Å²) in [7, 11) is 0. The second kappa shape index (κ2) is 7.23. The molecule has 1 aromatic heterocycles. The van der Waals surface area contributed by atoms with E-state index in [1.165, 1.54) is 5.38 Å². The molecule has 0 atom stereocenters. The van der Waals surface area contributed by atoms with Crippen molar-refractivity contribution in [2.45, 2.75) is 23.6 Å². The summed E-state index contributed by atoms with van der Waals surface area (Å²) < 4.78 is 80.0. The Labute approximate surface area is 158 Å². The van der Waals surface area contributed by atoms with Crippen LogP contribution in [0, 0.1) is 0 Å². The molecule has 0 unspecified atom stereocenters. The average Bonchev–Trinajstić information content (AvgIpc) is 3.22. The molecule has 1 aliphatic rings. The van der Waals surface area contributed by atoms with E-state index in [1.807, 2.05) is 11.8 Å². The zero-order valence-corrected chi connectivity index (χ0v) is 15.3. The first-order valence-corrected chi connectivity index (χ1v) is 9.20. The number of benzene rings is 1. The van der Waals surface area contributed by atoms with Crippen LogP contribution in [0.4, 0.5) is 26.3 Å². The van der Waals surface area contributed by atoms with Gasteiger partial charge in [-0.25, -0.2) is 9.40 Å². The van der Waals surface area contributed by atoms with Crippen molar-refractivity contribution in [3.63, 3.8) is 0 Å². The Morgan fingerprint density at radius 1 is 1.07 bits per heavy atom. The summed E-state index contributed by atoms with van der Waals surface area (Å²) in [4.78, 5) is 6.07. The molecule has 2 aromatic rings. The van der Waals surface area contributed by atoms with Crippen LogP contribution in [0.25, 0.3) is 11.3 Å². The molecule has 0 spiro atoms. The summed E-state index contributed by atoms with van der Waals surface area (Å²) >= 11 is 2.28. The molecule has 27 heavy (non-hydrogen) atoms. The van der Waals surface area contributed by atoms with Crippen molar-refractivity contribution in [2.75, 3.05) is 13.2 Å². The number of alkyl halides is 6. The first kappa shape index (κ1) is 19.8. The second-order valence-corrected chi connectivity index (χ2v) is 7.62. The van der Waals surface area contributed by atoms with Crippen LogP contribution in [-0.2, 0) is 12.4 Å². The molecular formula is C15H12F6N4S2. The lowest BCUT2D eigenvalue weighted by Crippen LogP contribution is -2.22. The van der Waals surface area contributed by atoms with Crippen LogP contribution in [0.3, 0.4) is 0 Å². The van der Waals surface area contributed by atoms with Crippen LogP contribution >= 0.6 is 23.3 Å². The predicted molar refractivity (Wildman–Crippen MR) is 91.0 cm³/mol. The van der Waals surface area contributed by atoms with Crippen molar-refractivity contribution in [3.8, 4) is 11.3 Å². The van der Waals surface area contributed by atoms with E-state index < -0.39 is 23.5 Å². The number of hydrazone groups is 1. The third kappa shape index (κ3) is 4.67. The largest absolute Gasteiger partial charge is 0.416 e. The van der Waals surface area contributed by atoms with Gasteiger partial charge in [-0.3, -0.25) is 0 Å². The van der Waals surface area contributed by atoms with E-state index in [2.05, 4.69) is 10.1 Å². The maximum absolute atomic E-state index is 13.0. The SMILES string of the molecule is CCN1C=NN(Sc2nc(-c3cc(C(F)(F)F)cc(C(F)(F)F)c3)cs2)C1. The van der Waals surface area contributed by atoms with Crippen molar-refractivity contribution in [1.82, 2.24) is 14.3 Å². The van der Waals surface area contributed by atoms with Crippen LogP contribution in [0.15, 0.2) is 33.0 Å². The highest BCUT2D eigenvalue weighted by molar-refractivity contribution is 7.98. The third-order valence-corrected chi connectivity index (χ3v) is 5.42. The molecule has 0 radical (unpaired) electrons. The highest BCUT2D eigenvalue weighted by atomic mass is 32.2. The fourth-order valence-electron chi connectivity index (χ4n) is 2.22. The maximum Gasteiger partial charge on any atom is 0.416 e. The fourth-order valence-corrected chi connectivity index (χ4v) is 3.96. The van der Waals surface area contributed by atoms with Gasteiger partial charge in [-0.1, -0.05) is 0 Å². The quantitative estimate of drug-likeness (QED) is 0.485. The number of thiazole rings is 1. The van der Waals surface area contributed by atoms with Crippen molar-refractivity contribution >= 4 is 29.6 Å². The highest BCUT2D eigenvalue weighted by Crippen LogP contribution is 2.39. The lowest BCUT2D eigenvalue weighted by Gasteiger charge is -2.14. The molecule has 1 aliphatic heterocycles. The smallest absolute Gasteiger partial charge is 0.341 e. The Kier molecular flexibility index (Phi) is 5.30. The lowest BCUT2D eigenvalue weighted by atomic mass is 10.0. The topological polar surface area (TPSA) is 31.7 Å². The minimum atomic E-state index is -4.89. The van der Waals surface area contributed by atoms with Crippen molar-refractivity contribution in [3.05, 3.63) is 34.7 Å². The normalized spacial score (nSPS) is 15.1. The van der Waals surface area contributed by atoms with Crippen LogP contribution in [-0.4, -0.2) is 33.9 Å². The number of halogens is 6. The van der Waals surface area contributed by atoms with E-state index in [1.54, 1.807) is 10.8 Å². The summed E-state index contributed by atoms with van der Waals surface area (Å²) in [5, 5.41) is 5.55. The van der Waals surface area contributed by atoms with Crippen molar-refractivity contribution in [2.24, 2.45) is 5.10 Å². The van der Waals surface area contributed by atoms with Gasteiger partial charge < -0.3 is 4.90 Å². The van der Waals surface area contributed by atoms with Gasteiger partial charge in [0, 0.05) is 29.4 Å². The Morgan fingerprint density at radius 3 is 2.22 bits per heavy atom. The molecule has 4 nitrogen and oxygen atoms in total. The van der Waals surface area contributed by atoms with E-state index in [4.69, 9.17) is 0 Å². The Balaban J connectivity index is 1.88. The van der Waals surface area contributed by atoms with Crippen LogP contribution in [0.1, 0.15) is 18.1 Å². The highest BCUT2D eigenvalue weighted by Gasteiger charge is 2.37. The summed E-state index contributed by atoms with van der Waals surface area (Å²) in [6.45, 7) is 3.22. The molecule has 2 heterocycles. The van der Waals surface area contributed by atoms with Gasteiger partial charge in [0.2, 0.25) is 0 Å². The van der Waals surface area contributed by atoms with E-state index >= 15 is 0 Å². The molecule has 0 saturated carbocycles. The molecule has 0 saturated heterocycles. The Hall–Kier alpha value is -1.95. The van der Waals surface area contributed by atoms with E-state index in [9.17, 15) is 26.3 Å². The van der Waals surface area contributed by atoms with Gasteiger partial charge in [0.05, 0.1) is 16.8 Å². The van der Waals surface area contributed by atoms with Gasteiger partial charge in [-0.15, -0.1) is 11.3 Å². The summed E-state index contributed by atoms with van der Waals surface area (Å²) in [6.07, 6.45) is -8.14. The summed E-state index contributed by atoms with van der Waals surface area (Å²) in [6, 6.07) is 1.45. The number of nitrogens with zero attached hydrogens (tertiary/aromatic N) is 4. The molecule has 0 fully saturated rings.